The molecule has 3 heteroatoms. The summed E-state index contributed by atoms with van der Waals surface area (Å²) < 4.78 is 2.13. The number of aromatic nitrogens is 1. The Morgan fingerprint density at radius 1 is 1.25 bits per heavy atom. The van der Waals surface area contributed by atoms with Crippen LogP contribution in [-0.4, -0.2) is 16.3 Å². The van der Waals surface area contributed by atoms with E-state index in [-0.39, 0.29) is 6.61 Å². The second kappa shape index (κ2) is 4.82. The van der Waals surface area contributed by atoms with Crippen molar-refractivity contribution in [3.8, 4) is 6.07 Å². The van der Waals surface area contributed by atoms with Crippen LogP contribution in [0.3, 0.4) is 0 Å². The third-order valence-electron chi connectivity index (χ3n) is 2.74. The zero-order valence-electron chi connectivity index (χ0n) is 9.06. The molecule has 2 aromatic rings. The first-order valence-corrected chi connectivity index (χ1v) is 5.45. The Morgan fingerprint density at radius 2 is 2.12 bits per heavy atom. The molecule has 0 fully saturated rings. The molecule has 1 N–H and O–H groups in total. The molecule has 0 unspecified atom stereocenters. The van der Waals surface area contributed by atoms with E-state index in [2.05, 4.69) is 10.6 Å². The van der Waals surface area contributed by atoms with Gasteiger partial charge < -0.3 is 9.67 Å². The van der Waals surface area contributed by atoms with E-state index in [1.54, 1.807) is 0 Å². The highest BCUT2D eigenvalue weighted by Crippen LogP contribution is 2.20. The van der Waals surface area contributed by atoms with Crippen LogP contribution in [0.15, 0.2) is 30.5 Å². The van der Waals surface area contributed by atoms with E-state index in [1.165, 1.54) is 0 Å². The van der Waals surface area contributed by atoms with Crippen LogP contribution in [0.5, 0.6) is 0 Å². The summed E-state index contributed by atoms with van der Waals surface area (Å²) in [6.07, 6.45) is 3.78. The molecular formula is C13H14N2O. The van der Waals surface area contributed by atoms with Gasteiger partial charge in [0.2, 0.25) is 0 Å². The Labute approximate surface area is 94.5 Å². The molecule has 16 heavy (non-hydrogen) atoms. The molecule has 1 heterocycles. The monoisotopic (exact) mass is 214 g/mol. The van der Waals surface area contributed by atoms with E-state index in [4.69, 9.17) is 10.4 Å². The fourth-order valence-electron chi connectivity index (χ4n) is 1.91. The number of aliphatic hydroxyl groups excluding tert-OH is 1. The van der Waals surface area contributed by atoms with Crippen LogP contribution < -0.4 is 0 Å². The molecule has 0 aliphatic carbocycles. The first kappa shape index (κ1) is 10.7. The normalized spacial score (nSPS) is 10.5. The predicted molar refractivity (Wildman–Crippen MR) is 63.0 cm³/mol. The highest BCUT2D eigenvalue weighted by molar-refractivity contribution is 5.85. The Kier molecular flexibility index (Phi) is 3.23. The van der Waals surface area contributed by atoms with Gasteiger partial charge in [0.05, 0.1) is 11.6 Å². The summed E-state index contributed by atoms with van der Waals surface area (Å²) in [7, 11) is 0. The van der Waals surface area contributed by atoms with Gasteiger partial charge in [-0.2, -0.15) is 5.26 Å². The lowest BCUT2D eigenvalue weighted by molar-refractivity contribution is 0.281. The van der Waals surface area contributed by atoms with Crippen LogP contribution in [-0.2, 0) is 6.54 Å². The van der Waals surface area contributed by atoms with Crippen LogP contribution in [0.2, 0.25) is 0 Å². The zero-order chi connectivity index (χ0) is 11.4. The van der Waals surface area contributed by atoms with E-state index >= 15 is 0 Å². The van der Waals surface area contributed by atoms with Gasteiger partial charge in [0.1, 0.15) is 0 Å². The second-order valence-corrected chi connectivity index (χ2v) is 3.79. The van der Waals surface area contributed by atoms with Crippen molar-refractivity contribution in [1.29, 1.82) is 5.26 Å². The second-order valence-electron chi connectivity index (χ2n) is 3.79. The average Bonchev–Trinajstić information content (AvgIpc) is 2.73. The molecule has 0 spiro atoms. The molecule has 0 aliphatic heterocycles. The topological polar surface area (TPSA) is 49.0 Å². The Bertz CT molecular complexity index is 522. The van der Waals surface area contributed by atoms with Gasteiger partial charge in [-0.1, -0.05) is 6.07 Å². The first-order valence-electron chi connectivity index (χ1n) is 5.45. The minimum absolute atomic E-state index is 0.239. The van der Waals surface area contributed by atoms with E-state index in [1.807, 2.05) is 30.5 Å². The van der Waals surface area contributed by atoms with E-state index in [9.17, 15) is 0 Å². The van der Waals surface area contributed by atoms with Crippen molar-refractivity contribution in [3.05, 3.63) is 36.0 Å². The number of aliphatic hydroxyl groups is 1. The lowest BCUT2D eigenvalue weighted by atomic mass is 10.1. The molecule has 0 saturated heterocycles. The summed E-state index contributed by atoms with van der Waals surface area (Å²) in [6.45, 7) is 1.13. The molecule has 0 amide bonds. The summed E-state index contributed by atoms with van der Waals surface area (Å²) in [5.74, 6) is 0. The number of hydrogen-bond acceptors (Lipinski definition) is 2. The van der Waals surface area contributed by atoms with Crippen LogP contribution in [0, 0.1) is 11.3 Å². The number of aryl methyl sites for hydroxylation is 1. The lowest BCUT2D eigenvalue weighted by Crippen LogP contribution is -1.97. The molecule has 82 valence electrons. The lowest BCUT2D eigenvalue weighted by Gasteiger charge is -2.04. The maximum absolute atomic E-state index is 8.97. The number of fused-ring (bicyclic) bond motifs is 1. The Morgan fingerprint density at radius 3 is 2.88 bits per heavy atom. The molecule has 0 radical (unpaired) electrons. The fraction of sp³-hybridized carbons (Fsp3) is 0.308. The standard InChI is InChI=1S/C13H14N2O/c14-10-11-4-3-5-13-12(11)6-8-15(13)7-1-2-9-16/h3-6,8,16H,1-2,7,9H2. The summed E-state index contributed by atoms with van der Waals surface area (Å²) >= 11 is 0. The van der Waals surface area contributed by atoms with Crippen molar-refractivity contribution >= 4 is 10.9 Å². The van der Waals surface area contributed by atoms with Crippen LogP contribution in [0.25, 0.3) is 10.9 Å². The van der Waals surface area contributed by atoms with E-state index in [0.717, 1.165) is 35.9 Å². The number of nitrogens with zero attached hydrogens (tertiary/aromatic N) is 2. The van der Waals surface area contributed by atoms with E-state index in [0.29, 0.717) is 0 Å². The third-order valence-corrected chi connectivity index (χ3v) is 2.74. The smallest absolute Gasteiger partial charge is 0.0998 e. The van der Waals surface area contributed by atoms with Crippen LogP contribution in [0.1, 0.15) is 18.4 Å². The quantitative estimate of drug-likeness (QED) is 0.794. The number of hydrogen-bond donors (Lipinski definition) is 1. The highest BCUT2D eigenvalue weighted by Gasteiger charge is 2.04. The van der Waals surface area contributed by atoms with Crippen molar-refractivity contribution < 1.29 is 5.11 Å². The maximum atomic E-state index is 8.97. The average molecular weight is 214 g/mol. The third kappa shape index (κ3) is 1.93. The zero-order valence-corrected chi connectivity index (χ0v) is 9.06. The van der Waals surface area contributed by atoms with E-state index < -0.39 is 0 Å². The predicted octanol–water partition coefficient (Wildman–Crippen LogP) is 2.29. The summed E-state index contributed by atoms with van der Waals surface area (Å²) in [5, 5.41) is 18.7. The number of unbranched alkanes of at least 4 members (excludes halogenated alkanes) is 1. The highest BCUT2D eigenvalue weighted by atomic mass is 16.2. The molecule has 1 aromatic heterocycles. The molecule has 3 nitrogen and oxygen atoms in total. The van der Waals surface area contributed by atoms with Gasteiger partial charge in [0.25, 0.3) is 0 Å². The fourth-order valence-corrected chi connectivity index (χ4v) is 1.91. The largest absolute Gasteiger partial charge is 0.396 e. The van der Waals surface area contributed by atoms with Gasteiger partial charge in [-0.05, 0) is 31.0 Å². The van der Waals surface area contributed by atoms with Crippen molar-refractivity contribution in [2.45, 2.75) is 19.4 Å². The van der Waals surface area contributed by atoms with Gasteiger partial charge in [-0.25, -0.2) is 0 Å². The summed E-state index contributed by atoms with van der Waals surface area (Å²) in [5.41, 5.74) is 1.82. The number of benzene rings is 1. The molecular weight excluding hydrogens is 200 g/mol. The minimum Gasteiger partial charge on any atom is -0.396 e. The van der Waals surface area contributed by atoms with Crippen molar-refractivity contribution in [3.63, 3.8) is 0 Å². The first-order chi connectivity index (χ1) is 7.86. The molecule has 0 aliphatic rings. The molecule has 0 saturated carbocycles. The van der Waals surface area contributed by atoms with Crippen molar-refractivity contribution in [2.24, 2.45) is 0 Å². The maximum Gasteiger partial charge on any atom is 0.0998 e. The Hall–Kier alpha value is -1.79. The van der Waals surface area contributed by atoms with Crippen molar-refractivity contribution in [2.75, 3.05) is 6.61 Å². The number of rotatable bonds is 4. The summed E-state index contributed by atoms with van der Waals surface area (Å²) in [4.78, 5) is 0. The molecule has 0 bridgehead atoms. The van der Waals surface area contributed by atoms with Gasteiger partial charge in [0.15, 0.2) is 0 Å². The molecule has 0 atom stereocenters. The molecule has 1 aromatic carbocycles. The Balaban J connectivity index is 2.31. The SMILES string of the molecule is N#Cc1cccc2c1ccn2CCCCO. The summed E-state index contributed by atoms with van der Waals surface area (Å²) in [6, 6.07) is 9.94. The van der Waals surface area contributed by atoms with Crippen LogP contribution >= 0.6 is 0 Å². The van der Waals surface area contributed by atoms with Gasteiger partial charge in [0, 0.05) is 30.3 Å². The van der Waals surface area contributed by atoms with Crippen LogP contribution in [0.4, 0.5) is 0 Å². The van der Waals surface area contributed by atoms with Gasteiger partial charge in [-0.3, -0.25) is 0 Å². The minimum atomic E-state index is 0.239. The van der Waals surface area contributed by atoms with Gasteiger partial charge >= 0.3 is 0 Å². The van der Waals surface area contributed by atoms with Crippen molar-refractivity contribution in [1.82, 2.24) is 4.57 Å². The van der Waals surface area contributed by atoms with Gasteiger partial charge in [-0.15, -0.1) is 0 Å². The molecule has 2 rings (SSSR count). The number of nitriles is 1.